The number of nitrogens with one attached hydrogen (secondary N) is 1. The number of hydrogen-bond donors (Lipinski definition) is 3. The van der Waals surface area contributed by atoms with Gasteiger partial charge in [0.25, 0.3) is 0 Å². The molecule has 0 heterocycles. The maximum absolute atomic E-state index is 11.0. The van der Waals surface area contributed by atoms with Crippen LogP contribution in [0.3, 0.4) is 0 Å². The Morgan fingerprint density at radius 3 is 2.35 bits per heavy atom. The van der Waals surface area contributed by atoms with Crippen molar-refractivity contribution in [1.29, 1.82) is 0 Å². The van der Waals surface area contributed by atoms with Crippen LogP contribution < -0.4 is 11.1 Å². The lowest BCUT2D eigenvalue weighted by molar-refractivity contribution is -0.139. The summed E-state index contributed by atoms with van der Waals surface area (Å²) in [6.07, 6.45) is 0. The Labute approximate surface area is 102 Å². The van der Waals surface area contributed by atoms with Crippen LogP contribution in [0.1, 0.15) is 28.3 Å². The third kappa shape index (κ3) is 2.65. The van der Waals surface area contributed by atoms with Gasteiger partial charge >= 0.3 is 5.97 Å². The summed E-state index contributed by atoms with van der Waals surface area (Å²) in [5.74, 6) is -0.998. The van der Waals surface area contributed by atoms with Gasteiger partial charge in [0.05, 0.1) is 6.04 Å². The van der Waals surface area contributed by atoms with Crippen LogP contribution >= 0.6 is 0 Å². The van der Waals surface area contributed by atoms with Crippen LogP contribution in [0, 0.1) is 20.8 Å². The molecular formula is C13H20N2O2. The van der Waals surface area contributed by atoms with Gasteiger partial charge in [-0.2, -0.15) is 0 Å². The fourth-order valence-corrected chi connectivity index (χ4v) is 1.99. The summed E-state index contributed by atoms with van der Waals surface area (Å²) in [5.41, 5.74) is 10.1. The van der Waals surface area contributed by atoms with Crippen molar-refractivity contribution in [2.24, 2.45) is 5.73 Å². The zero-order chi connectivity index (χ0) is 13.2. The van der Waals surface area contributed by atoms with Crippen LogP contribution in [-0.2, 0) is 4.79 Å². The Kier molecular flexibility index (Phi) is 4.26. The van der Waals surface area contributed by atoms with Crippen molar-refractivity contribution in [2.45, 2.75) is 32.9 Å². The van der Waals surface area contributed by atoms with E-state index in [4.69, 9.17) is 10.8 Å². The molecule has 0 saturated carbocycles. The summed E-state index contributed by atoms with van der Waals surface area (Å²) >= 11 is 0. The van der Waals surface area contributed by atoms with Gasteiger partial charge in [0.1, 0.15) is 6.04 Å². The third-order valence-electron chi connectivity index (χ3n) is 3.39. The fraction of sp³-hybridized carbons (Fsp3) is 0.462. The number of benzene rings is 1. The van der Waals surface area contributed by atoms with Gasteiger partial charge in [0.2, 0.25) is 0 Å². The molecule has 4 N–H and O–H groups in total. The zero-order valence-corrected chi connectivity index (χ0v) is 10.7. The normalized spacial score (nSPS) is 14.4. The minimum absolute atomic E-state index is 0.369. The third-order valence-corrected chi connectivity index (χ3v) is 3.39. The van der Waals surface area contributed by atoms with Crippen LogP contribution in [-0.4, -0.2) is 24.2 Å². The average molecular weight is 236 g/mol. The number of nitrogens with two attached hydrogens (primary N) is 1. The van der Waals surface area contributed by atoms with Crippen molar-refractivity contribution in [2.75, 3.05) is 7.05 Å². The first kappa shape index (κ1) is 13.7. The molecule has 2 unspecified atom stereocenters. The van der Waals surface area contributed by atoms with Gasteiger partial charge in [0.15, 0.2) is 0 Å². The molecule has 0 radical (unpaired) electrons. The number of carboxylic acid groups (broad SMARTS) is 1. The molecule has 1 aromatic carbocycles. The number of hydrogen-bond acceptors (Lipinski definition) is 3. The number of carbonyl (C=O) groups is 1. The van der Waals surface area contributed by atoms with Gasteiger partial charge in [-0.15, -0.1) is 0 Å². The number of likely N-dealkylation sites (N-methyl/N-ethyl adjacent to an activating group) is 1. The number of rotatable bonds is 4. The van der Waals surface area contributed by atoms with E-state index in [9.17, 15) is 4.79 Å². The number of aliphatic carboxylic acids is 1. The Bertz CT molecular complexity index is 430. The number of aryl methyl sites for hydroxylation is 1. The molecule has 0 saturated heterocycles. The molecule has 0 aliphatic heterocycles. The van der Waals surface area contributed by atoms with Crippen LogP contribution in [0.15, 0.2) is 12.1 Å². The summed E-state index contributed by atoms with van der Waals surface area (Å²) in [7, 11) is 1.72. The van der Waals surface area contributed by atoms with Crippen molar-refractivity contribution in [3.05, 3.63) is 34.4 Å². The van der Waals surface area contributed by atoms with E-state index in [0.29, 0.717) is 0 Å². The van der Waals surface area contributed by atoms with Crippen LogP contribution in [0.2, 0.25) is 0 Å². The Hall–Kier alpha value is -1.39. The van der Waals surface area contributed by atoms with E-state index in [0.717, 1.165) is 11.1 Å². The monoisotopic (exact) mass is 236 g/mol. The Morgan fingerprint density at radius 1 is 1.29 bits per heavy atom. The largest absolute Gasteiger partial charge is 0.480 e. The van der Waals surface area contributed by atoms with Gasteiger partial charge in [0, 0.05) is 0 Å². The summed E-state index contributed by atoms with van der Waals surface area (Å²) in [5, 5.41) is 12.0. The lowest BCUT2D eigenvalue weighted by atomic mass is 9.91. The molecule has 0 aliphatic carbocycles. The molecule has 94 valence electrons. The molecule has 0 amide bonds. The second-order valence-corrected chi connectivity index (χ2v) is 4.35. The minimum atomic E-state index is -0.998. The quantitative estimate of drug-likeness (QED) is 0.736. The van der Waals surface area contributed by atoms with Crippen molar-refractivity contribution in [3.8, 4) is 0 Å². The van der Waals surface area contributed by atoms with Crippen molar-refractivity contribution >= 4 is 5.97 Å². The maximum Gasteiger partial charge on any atom is 0.322 e. The molecule has 2 atom stereocenters. The molecular weight excluding hydrogens is 216 g/mol. The van der Waals surface area contributed by atoms with E-state index >= 15 is 0 Å². The first-order valence-corrected chi connectivity index (χ1v) is 5.62. The zero-order valence-electron chi connectivity index (χ0n) is 10.7. The molecule has 4 nitrogen and oxygen atoms in total. The van der Waals surface area contributed by atoms with Gasteiger partial charge in [-0.25, -0.2) is 0 Å². The van der Waals surface area contributed by atoms with Gasteiger partial charge < -0.3 is 16.2 Å². The Morgan fingerprint density at radius 2 is 1.88 bits per heavy atom. The van der Waals surface area contributed by atoms with Gasteiger partial charge in [-0.3, -0.25) is 4.79 Å². The molecule has 0 spiro atoms. The van der Waals surface area contributed by atoms with Crippen molar-refractivity contribution in [1.82, 2.24) is 5.32 Å². The second-order valence-electron chi connectivity index (χ2n) is 4.35. The maximum atomic E-state index is 11.0. The summed E-state index contributed by atoms with van der Waals surface area (Å²) < 4.78 is 0. The topological polar surface area (TPSA) is 75.3 Å². The Balaban J connectivity index is 3.22. The lowest BCUT2D eigenvalue weighted by Crippen LogP contribution is -2.42. The minimum Gasteiger partial charge on any atom is -0.480 e. The highest BCUT2D eigenvalue weighted by Gasteiger charge is 2.25. The highest BCUT2D eigenvalue weighted by Crippen LogP contribution is 2.24. The average Bonchev–Trinajstić information content (AvgIpc) is 2.29. The predicted molar refractivity (Wildman–Crippen MR) is 68.1 cm³/mol. The van der Waals surface area contributed by atoms with E-state index in [1.807, 2.05) is 32.9 Å². The molecule has 17 heavy (non-hydrogen) atoms. The van der Waals surface area contributed by atoms with E-state index in [2.05, 4.69) is 5.32 Å². The summed E-state index contributed by atoms with van der Waals surface area (Å²) in [6, 6.07) is 2.63. The summed E-state index contributed by atoms with van der Waals surface area (Å²) in [4.78, 5) is 11.0. The van der Waals surface area contributed by atoms with E-state index in [-0.39, 0.29) is 6.04 Å². The standard InChI is InChI=1S/C13H20N2O2/c1-7-5-6-10(9(3)8(7)2)12(15-4)11(14)13(16)17/h5-6,11-12,15H,14H2,1-4H3,(H,16,17). The molecule has 0 fully saturated rings. The molecule has 4 heteroatoms. The predicted octanol–water partition coefficient (Wildman–Crippen LogP) is 1.28. The smallest absolute Gasteiger partial charge is 0.322 e. The van der Waals surface area contributed by atoms with E-state index in [1.54, 1.807) is 7.05 Å². The van der Waals surface area contributed by atoms with Gasteiger partial charge in [-0.05, 0) is 50.1 Å². The van der Waals surface area contributed by atoms with Crippen LogP contribution in [0.4, 0.5) is 0 Å². The SMILES string of the molecule is CNC(c1ccc(C)c(C)c1C)C(N)C(=O)O. The van der Waals surface area contributed by atoms with Crippen molar-refractivity contribution in [3.63, 3.8) is 0 Å². The molecule has 0 aliphatic rings. The van der Waals surface area contributed by atoms with Gasteiger partial charge in [-0.1, -0.05) is 12.1 Å². The first-order chi connectivity index (χ1) is 7.90. The fourth-order valence-electron chi connectivity index (χ4n) is 1.99. The molecule has 0 bridgehead atoms. The second kappa shape index (κ2) is 5.29. The first-order valence-electron chi connectivity index (χ1n) is 5.62. The van der Waals surface area contributed by atoms with Crippen LogP contribution in [0.25, 0.3) is 0 Å². The van der Waals surface area contributed by atoms with E-state index < -0.39 is 12.0 Å². The number of carboxylic acids is 1. The highest BCUT2D eigenvalue weighted by molar-refractivity contribution is 5.74. The lowest BCUT2D eigenvalue weighted by Gasteiger charge is -2.24. The molecule has 0 aromatic heterocycles. The highest BCUT2D eigenvalue weighted by atomic mass is 16.4. The van der Waals surface area contributed by atoms with Crippen molar-refractivity contribution < 1.29 is 9.90 Å². The molecule has 1 aromatic rings. The van der Waals surface area contributed by atoms with E-state index in [1.165, 1.54) is 11.1 Å². The van der Waals surface area contributed by atoms with Crippen LogP contribution in [0.5, 0.6) is 0 Å². The summed E-state index contributed by atoms with van der Waals surface area (Å²) in [6.45, 7) is 6.07. The molecule has 1 rings (SSSR count).